The molecule has 0 saturated heterocycles. The van der Waals surface area contributed by atoms with Crippen LogP contribution in [-0.2, 0) is 4.74 Å². The maximum Gasteiger partial charge on any atom is 0.355 e. The molecule has 2 heterocycles. The molecule has 0 spiro atoms. The minimum Gasteiger partial charge on any atom is -0.461 e. The van der Waals surface area contributed by atoms with E-state index in [1.165, 1.54) is 0 Å². The number of fused-ring (bicyclic) bond motifs is 1. The summed E-state index contributed by atoms with van der Waals surface area (Å²) in [5, 5.41) is 3.77. The van der Waals surface area contributed by atoms with Gasteiger partial charge in [0.2, 0.25) is 0 Å². The van der Waals surface area contributed by atoms with Crippen molar-refractivity contribution in [2.45, 2.75) is 20.8 Å². The number of pyridine rings is 1. The van der Waals surface area contributed by atoms with E-state index in [2.05, 4.69) is 15.3 Å². The number of anilines is 1. The number of benzene rings is 1. The number of aryl methyl sites for hydroxylation is 1. The van der Waals surface area contributed by atoms with Crippen LogP contribution in [0.2, 0.25) is 0 Å². The van der Waals surface area contributed by atoms with Gasteiger partial charge in [-0.1, -0.05) is 6.07 Å². The van der Waals surface area contributed by atoms with E-state index in [4.69, 9.17) is 4.74 Å². The van der Waals surface area contributed by atoms with Crippen molar-refractivity contribution >= 4 is 28.5 Å². The Bertz CT molecular complexity index is 954. The van der Waals surface area contributed by atoms with Crippen LogP contribution in [0.3, 0.4) is 0 Å². The first-order valence-corrected chi connectivity index (χ1v) is 8.04. The monoisotopic (exact) mass is 337 g/mol. The summed E-state index contributed by atoms with van der Waals surface area (Å²) in [7, 11) is 0. The summed E-state index contributed by atoms with van der Waals surface area (Å²) in [4.78, 5) is 32.0. The molecular formula is C19H19N3O3. The zero-order valence-corrected chi connectivity index (χ0v) is 14.3. The first kappa shape index (κ1) is 16.7. The third-order valence-corrected chi connectivity index (χ3v) is 4.04. The molecule has 25 heavy (non-hydrogen) atoms. The van der Waals surface area contributed by atoms with Crippen molar-refractivity contribution in [3.05, 3.63) is 59.0 Å². The van der Waals surface area contributed by atoms with E-state index in [0.29, 0.717) is 28.2 Å². The number of hydrogen-bond acceptors (Lipinski definition) is 4. The molecule has 0 aliphatic carbocycles. The lowest BCUT2D eigenvalue weighted by Gasteiger charge is -2.09. The molecule has 0 aliphatic heterocycles. The van der Waals surface area contributed by atoms with Crippen molar-refractivity contribution in [3.8, 4) is 0 Å². The molecule has 6 nitrogen and oxygen atoms in total. The number of H-pyrrole nitrogens is 1. The van der Waals surface area contributed by atoms with Gasteiger partial charge in [-0.25, -0.2) is 4.79 Å². The zero-order chi connectivity index (χ0) is 18.0. The average molecular weight is 337 g/mol. The Balaban J connectivity index is 1.95. The summed E-state index contributed by atoms with van der Waals surface area (Å²) >= 11 is 0. The van der Waals surface area contributed by atoms with Gasteiger partial charge < -0.3 is 15.0 Å². The van der Waals surface area contributed by atoms with Gasteiger partial charge in [0.1, 0.15) is 5.69 Å². The second-order valence-electron chi connectivity index (χ2n) is 5.68. The normalized spacial score (nSPS) is 10.7. The number of aromatic nitrogens is 2. The van der Waals surface area contributed by atoms with Crippen LogP contribution in [0.4, 0.5) is 5.69 Å². The molecule has 0 bridgehead atoms. The van der Waals surface area contributed by atoms with Gasteiger partial charge in [0.15, 0.2) is 0 Å². The molecule has 3 rings (SSSR count). The number of ether oxygens (including phenoxy) is 1. The highest BCUT2D eigenvalue weighted by molar-refractivity contribution is 6.11. The third-order valence-electron chi connectivity index (χ3n) is 4.04. The Morgan fingerprint density at radius 1 is 1.20 bits per heavy atom. The van der Waals surface area contributed by atoms with Crippen LogP contribution >= 0.6 is 0 Å². The standard InChI is InChI=1S/C19H19N3O3/c1-4-25-19(24)17-11(2)16(12(3)21-17)18(23)22-15-9-5-8-14-13(15)7-6-10-20-14/h5-10,21H,4H2,1-3H3,(H,22,23). The fourth-order valence-electron chi connectivity index (χ4n) is 2.90. The lowest BCUT2D eigenvalue weighted by Crippen LogP contribution is -2.14. The first-order chi connectivity index (χ1) is 12.0. The number of amides is 1. The molecule has 6 heteroatoms. The van der Waals surface area contributed by atoms with E-state index in [-0.39, 0.29) is 12.5 Å². The van der Waals surface area contributed by atoms with Crippen molar-refractivity contribution < 1.29 is 14.3 Å². The number of hydrogen-bond donors (Lipinski definition) is 2. The lowest BCUT2D eigenvalue weighted by molar-refractivity contribution is 0.0519. The Hall–Kier alpha value is -3.15. The van der Waals surface area contributed by atoms with E-state index in [0.717, 1.165) is 10.9 Å². The summed E-state index contributed by atoms with van der Waals surface area (Å²) in [6, 6.07) is 9.27. The first-order valence-electron chi connectivity index (χ1n) is 8.04. The number of nitrogens with one attached hydrogen (secondary N) is 2. The average Bonchev–Trinajstić information content (AvgIpc) is 2.90. The zero-order valence-electron chi connectivity index (χ0n) is 14.3. The third kappa shape index (κ3) is 3.10. The lowest BCUT2D eigenvalue weighted by atomic mass is 10.1. The number of carbonyl (C=O) groups excluding carboxylic acids is 2. The number of carbonyl (C=O) groups is 2. The molecule has 0 saturated carbocycles. The van der Waals surface area contributed by atoms with Gasteiger partial charge in [-0.15, -0.1) is 0 Å². The summed E-state index contributed by atoms with van der Waals surface area (Å²) < 4.78 is 5.02. The highest BCUT2D eigenvalue weighted by Gasteiger charge is 2.23. The molecule has 1 aromatic carbocycles. The molecule has 128 valence electrons. The van der Waals surface area contributed by atoms with Gasteiger partial charge in [-0.2, -0.15) is 0 Å². The van der Waals surface area contributed by atoms with E-state index in [1.807, 2.05) is 30.3 Å². The fourth-order valence-corrected chi connectivity index (χ4v) is 2.90. The molecule has 0 atom stereocenters. The molecule has 2 N–H and O–H groups in total. The molecule has 0 fully saturated rings. The number of esters is 1. The molecule has 3 aromatic rings. The Kier molecular flexibility index (Phi) is 4.52. The van der Waals surface area contributed by atoms with Crippen LogP contribution in [0.15, 0.2) is 36.5 Å². The maximum absolute atomic E-state index is 12.8. The van der Waals surface area contributed by atoms with Crippen molar-refractivity contribution in [3.63, 3.8) is 0 Å². The topological polar surface area (TPSA) is 84.1 Å². The van der Waals surface area contributed by atoms with Crippen LogP contribution in [-0.4, -0.2) is 28.5 Å². The minimum absolute atomic E-state index is 0.279. The van der Waals surface area contributed by atoms with E-state index < -0.39 is 5.97 Å². The van der Waals surface area contributed by atoms with Crippen LogP contribution in [0.5, 0.6) is 0 Å². The quantitative estimate of drug-likeness (QED) is 0.712. The number of rotatable bonds is 4. The number of nitrogens with zero attached hydrogens (tertiary/aromatic N) is 1. The van der Waals surface area contributed by atoms with Crippen LogP contribution < -0.4 is 5.32 Å². The molecule has 0 radical (unpaired) electrons. The van der Waals surface area contributed by atoms with Crippen LogP contribution in [0.1, 0.15) is 39.0 Å². The fraction of sp³-hybridized carbons (Fsp3) is 0.211. The van der Waals surface area contributed by atoms with Crippen molar-refractivity contribution in [2.75, 3.05) is 11.9 Å². The van der Waals surface area contributed by atoms with E-state index in [9.17, 15) is 9.59 Å². The molecule has 0 unspecified atom stereocenters. The van der Waals surface area contributed by atoms with Gasteiger partial charge in [0.25, 0.3) is 5.91 Å². The Morgan fingerprint density at radius 3 is 2.76 bits per heavy atom. The van der Waals surface area contributed by atoms with E-state index >= 15 is 0 Å². The second kappa shape index (κ2) is 6.76. The van der Waals surface area contributed by atoms with Crippen molar-refractivity contribution in [2.24, 2.45) is 0 Å². The van der Waals surface area contributed by atoms with Crippen LogP contribution in [0.25, 0.3) is 10.9 Å². The predicted octanol–water partition coefficient (Wildman–Crippen LogP) is 3.61. The van der Waals surface area contributed by atoms with Gasteiger partial charge in [0, 0.05) is 17.3 Å². The smallest absolute Gasteiger partial charge is 0.355 e. The van der Waals surface area contributed by atoms with Gasteiger partial charge in [-0.05, 0) is 50.6 Å². The summed E-state index contributed by atoms with van der Waals surface area (Å²) in [5.74, 6) is -0.741. The van der Waals surface area contributed by atoms with Crippen molar-refractivity contribution in [1.29, 1.82) is 0 Å². The Morgan fingerprint density at radius 2 is 2.00 bits per heavy atom. The SMILES string of the molecule is CCOC(=O)c1[nH]c(C)c(C(=O)Nc2cccc3ncccc23)c1C. The molecular weight excluding hydrogens is 318 g/mol. The second-order valence-corrected chi connectivity index (χ2v) is 5.68. The maximum atomic E-state index is 12.8. The highest BCUT2D eigenvalue weighted by Crippen LogP contribution is 2.24. The van der Waals surface area contributed by atoms with E-state index in [1.54, 1.807) is 27.0 Å². The van der Waals surface area contributed by atoms with Crippen LogP contribution in [0, 0.1) is 13.8 Å². The van der Waals surface area contributed by atoms with Gasteiger partial charge in [0.05, 0.1) is 23.4 Å². The van der Waals surface area contributed by atoms with Crippen molar-refractivity contribution in [1.82, 2.24) is 9.97 Å². The van der Waals surface area contributed by atoms with Gasteiger partial charge in [-0.3, -0.25) is 9.78 Å². The predicted molar refractivity (Wildman–Crippen MR) is 95.9 cm³/mol. The molecule has 0 aliphatic rings. The van der Waals surface area contributed by atoms with Gasteiger partial charge >= 0.3 is 5.97 Å². The highest BCUT2D eigenvalue weighted by atomic mass is 16.5. The molecule has 1 amide bonds. The number of aromatic amines is 1. The minimum atomic E-state index is -0.462. The summed E-state index contributed by atoms with van der Waals surface area (Å²) in [5.41, 5.74) is 3.43. The summed E-state index contributed by atoms with van der Waals surface area (Å²) in [6.07, 6.45) is 1.71. The summed E-state index contributed by atoms with van der Waals surface area (Å²) in [6.45, 7) is 5.51. The Labute approximate surface area is 145 Å². The molecule has 2 aromatic heterocycles. The largest absolute Gasteiger partial charge is 0.461 e.